The first-order valence-corrected chi connectivity index (χ1v) is 13.5. The molecule has 9 nitrogen and oxygen atoms in total. The van der Waals surface area contributed by atoms with E-state index in [2.05, 4.69) is 17.0 Å². The lowest BCUT2D eigenvalue weighted by molar-refractivity contribution is 0.276. The van der Waals surface area contributed by atoms with Crippen molar-refractivity contribution >= 4 is 20.7 Å². The maximum atomic E-state index is 11.6. The highest BCUT2D eigenvalue weighted by molar-refractivity contribution is 7.90. The van der Waals surface area contributed by atoms with Gasteiger partial charge in [-0.1, -0.05) is 25.5 Å². The Hall–Kier alpha value is -3.34. The van der Waals surface area contributed by atoms with E-state index in [0.717, 1.165) is 24.1 Å². The van der Waals surface area contributed by atoms with Crippen molar-refractivity contribution in [3.8, 4) is 22.8 Å². The second-order valence-corrected chi connectivity index (χ2v) is 10.7. The molecule has 0 bridgehead atoms. The van der Waals surface area contributed by atoms with E-state index < -0.39 is 9.84 Å². The number of sulfone groups is 1. The van der Waals surface area contributed by atoms with Gasteiger partial charge in [-0.05, 0) is 42.8 Å². The van der Waals surface area contributed by atoms with Crippen molar-refractivity contribution in [3.05, 3.63) is 66.1 Å². The van der Waals surface area contributed by atoms with E-state index in [-0.39, 0.29) is 25.0 Å². The summed E-state index contributed by atoms with van der Waals surface area (Å²) in [5.74, 6) is 0.931. The Morgan fingerprint density at radius 1 is 1.14 bits per heavy atom. The van der Waals surface area contributed by atoms with Gasteiger partial charge in [0, 0.05) is 17.9 Å². The molecule has 0 radical (unpaired) electrons. The van der Waals surface area contributed by atoms with Crippen molar-refractivity contribution in [3.63, 3.8) is 0 Å². The van der Waals surface area contributed by atoms with Gasteiger partial charge in [0.05, 0.1) is 46.5 Å². The van der Waals surface area contributed by atoms with Crippen LogP contribution in [0.4, 0.5) is 0 Å². The number of pyridine rings is 2. The number of hydrogen-bond acceptors (Lipinski definition) is 8. The van der Waals surface area contributed by atoms with Crippen LogP contribution in [0.25, 0.3) is 28.0 Å². The van der Waals surface area contributed by atoms with Crippen LogP contribution < -0.4 is 10.5 Å². The molecule has 0 aliphatic carbocycles. The second-order valence-electron chi connectivity index (χ2n) is 8.43. The first-order valence-electron chi connectivity index (χ1n) is 11.4. The summed E-state index contributed by atoms with van der Waals surface area (Å²) >= 11 is 0. The standard InChI is InChI=1S/C25H29N5O4S/c1-3-6-20(26)22-9-5-8-21(29-22)17-13-23-19(24(14-17)34-11-12-35(2,32)33)15-27-30(23)25-10-4-7-18(16-31)28-25/h4-5,7-10,13-15,20,31H,3,6,11-12,16,26H2,1-2H3. The van der Waals surface area contributed by atoms with Gasteiger partial charge in [0.25, 0.3) is 0 Å². The number of ether oxygens (including phenoxy) is 1. The van der Waals surface area contributed by atoms with Crippen molar-refractivity contribution in [2.75, 3.05) is 18.6 Å². The summed E-state index contributed by atoms with van der Waals surface area (Å²) in [6.07, 6.45) is 4.61. The van der Waals surface area contributed by atoms with Gasteiger partial charge in [-0.3, -0.25) is 4.98 Å². The quantitative estimate of drug-likeness (QED) is 0.343. The first kappa shape index (κ1) is 24.8. The van der Waals surface area contributed by atoms with Crippen LogP contribution in [0.15, 0.2) is 54.7 Å². The number of nitrogens with two attached hydrogens (primary N) is 1. The molecule has 184 valence electrons. The van der Waals surface area contributed by atoms with Crippen LogP contribution in [0.1, 0.15) is 37.2 Å². The smallest absolute Gasteiger partial charge is 0.154 e. The molecule has 0 amide bonds. The highest BCUT2D eigenvalue weighted by Crippen LogP contribution is 2.33. The second kappa shape index (κ2) is 10.5. The molecule has 1 unspecified atom stereocenters. The van der Waals surface area contributed by atoms with Gasteiger partial charge >= 0.3 is 0 Å². The molecule has 0 fully saturated rings. The number of hydrogen-bond donors (Lipinski definition) is 2. The summed E-state index contributed by atoms with van der Waals surface area (Å²) < 4.78 is 30.8. The summed E-state index contributed by atoms with van der Waals surface area (Å²) in [6, 6.07) is 14.7. The molecule has 3 heterocycles. The summed E-state index contributed by atoms with van der Waals surface area (Å²) in [7, 11) is -3.18. The third kappa shape index (κ3) is 5.84. The van der Waals surface area contributed by atoms with Gasteiger partial charge < -0.3 is 15.6 Å². The summed E-state index contributed by atoms with van der Waals surface area (Å²) in [5, 5.41) is 14.7. The van der Waals surface area contributed by atoms with E-state index in [1.165, 1.54) is 6.26 Å². The predicted molar refractivity (Wildman–Crippen MR) is 135 cm³/mol. The van der Waals surface area contributed by atoms with Crippen LogP contribution in [-0.4, -0.2) is 51.9 Å². The lowest BCUT2D eigenvalue weighted by atomic mass is 10.1. The van der Waals surface area contributed by atoms with Gasteiger partial charge in [-0.15, -0.1) is 0 Å². The Kier molecular flexibility index (Phi) is 7.44. The number of aromatic nitrogens is 4. The molecule has 4 aromatic rings. The fourth-order valence-corrected chi connectivity index (χ4v) is 4.18. The Bertz CT molecular complexity index is 1440. The van der Waals surface area contributed by atoms with Crippen LogP contribution >= 0.6 is 0 Å². The van der Waals surface area contributed by atoms with E-state index in [4.69, 9.17) is 15.5 Å². The highest BCUT2D eigenvalue weighted by Gasteiger charge is 2.16. The van der Waals surface area contributed by atoms with Crippen molar-refractivity contribution < 1.29 is 18.3 Å². The highest BCUT2D eigenvalue weighted by atomic mass is 32.2. The molecule has 0 aliphatic heterocycles. The van der Waals surface area contributed by atoms with Crippen LogP contribution in [0.2, 0.25) is 0 Å². The van der Waals surface area contributed by atoms with E-state index >= 15 is 0 Å². The molecule has 10 heteroatoms. The maximum Gasteiger partial charge on any atom is 0.154 e. The molecule has 1 atom stereocenters. The van der Waals surface area contributed by atoms with Gasteiger partial charge in [0.1, 0.15) is 12.4 Å². The van der Waals surface area contributed by atoms with Crippen LogP contribution in [0.5, 0.6) is 5.75 Å². The van der Waals surface area contributed by atoms with Crippen molar-refractivity contribution in [2.24, 2.45) is 5.73 Å². The van der Waals surface area contributed by atoms with E-state index in [1.807, 2.05) is 30.3 Å². The van der Waals surface area contributed by atoms with E-state index in [1.54, 1.807) is 29.1 Å². The average molecular weight is 496 g/mol. The molecular formula is C25H29N5O4S. The summed E-state index contributed by atoms with van der Waals surface area (Å²) in [6.45, 7) is 1.90. The lowest BCUT2D eigenvalue weighted by Gasteiger charge is -2.13. The van der Waals surface area contributed by atoms with Crippen LogP contribution in [-0.2, 0) is 16.4 Å². The van der Waals surface area contributed by atoms with Crippen LogP contribution in [0.3, 0.4) is 0 Å². The van der Waals surface area contributed by atoms with Crippen molar-refractivity contribution in [1.82, 2.24) is 19.7 Å². The zero-order valence-electron chi connectivity index (χ0n) is 19.8. The molecule has 35 heavy (non-hydrogen) atoms. The molecule has 3 N–H and O–H groups in total. The van der Waals surface area contributed by atoms with Gasteiger partial charge in [0.2, 0.25) is 0 Å². The zero-order valence-corrected chi connectivity index (χ0v) is 20.6. The molecule has 0 saturated heterocycles. The number of nitrogens with zero attached hydrogens (tertiary/aromatic N) is 4. The predicted octanol–water partition coefficient (Wildman–Crippen LogP) is 3.20. The zero-order chi connectivity index (χ0) is 25.0. The fourth-order valence-electron chi connectivity index (χ4n) is 3.80. The third-order valence-corrected chi connectivity index (χ3v) is 6.49. The Morgan fingerprint density at radius 3 is 2.69 bits per heavy atom. The minimum absolute atomic E-state index is 0.00958. The molecular weight excluding hydrogens is 466 g/mol. The van der Waals surface area contributed by atoms with Crippen molar-refractivity contribution in [1.29, 1.82) is 0 Å². The number of fused-ring (bicyclic) bond motifs is 1. The molecule has 1 aromatic carbocycles. The third-order valence-electron chi connectivity index (χ3n) is 5.58. The van der Waals surface area contributed by atoms with Gasteiger partial charge in [0.15, 0.2) is 15.7 Å². The van der Waals surface area contributed by atoms with Crippen molar-refractivity contribution in [2.45, 2.75) is 32.4 Å². The Balaban J connectivity index is 1.83. The van der Waals surface area contributed by atoms with E-state index in [9.17, 15) is 13.5 Å². The SMILES string of the molecule is CCCC(N)c1cccc(-c2cc(OCCS(C)(=O)=O)c3cnn(-c4cccc(CO)n4)c3c2)n1. The number of aliphatic hydroxyl groups is 1. The summed E-state index contributed by atoms with van der Waals surface area (Å²) in [5.41, 5.74) is 9.83. The number of aliphatic hydroxyl groups excluding tert-OH is 1. The Labute approximate surface area is 204 Å². The number of benzene rings is 1. The molecule has 0 saturated carbocycles. The fraction of sp³-hybridized carbons (Fsp3) is 0.320. The largest absolute Gasteiger partial charge is 0.492 e. The number of rotatable bonds is 10. The maximum absolute atomic E-state index is 11.6. The molecule has 0 aliphatic rings. The molecule has 0 spiro atoms. The van der Waals surface area contributed by atoms with E-state index in [0.29, 0.717) is 33.9 Å². The summed E-state index contributed by atoms with van der Waals surface area (Å²) in [4.78, 5) is 9.25. The minimum atomic E-state index is -3.18. The average Bonchev–Trinajstić information content (AvgIpc) is 3.28. The normalized spacial score (nSPS) is 12.7. The topological polar surface area (TPSA) is 133 Å². The monoisotopic (exact) mass is 495 g/mol. The molecule has 3 aromatic heterocycles. The van der Waals surface area contributed by atoms with Gasteiger partial charge in [-0.2, -0.15) is 5.10 Å². The molecule has 4 rings (SSSR count). The lowest BCUT2D eigenvalue weighted by Crippen LogP contribution is -2.12. The van der Waals surface area contributed by atoms with Crippen LogP contribution in [0, 0.1) is 0 Å². The Morgan fingerprint density at radius 2 is 1.94 bits per heavy atom. The van der Waals surface area contributed by atoms with Gasteiger partial charge in [-0.25, -0.2) is 18.1 Å². The minimum Gasteiger partial charge on any atom is -0.492 e. The first-order chi connectivity index (χ1) is 16.8.